The van der Waals surface area contributed by atoms with Crippen molar-refractivity contribution in [2.75, 3.05) is 13.2 Å². The number of ether oxygens (including phenoxy) is 2. The van der Waals surface area contributed by atoms with Crippen molar-refractivity contribution in [1.29, 1.82) is 0 Å². The van der Waals surface area contributed by atoms with Crippen LogP contribution in [0.3, 0.4) is 0 Å². The van der Waals surface area contributed by atoms with Gasteiger partial charge in [0.05, 0.1) is 11.6 Å². The molecule has 0 saturated carbocycles. The third-order valence-electron chi connectivity index (χ3n) is 4.67. The zero-order chi connectivity index (χ0) is 22.2. The summed E-state index contributed by atoms with van der Waals surface area (Å²) in [7, 11) is 0. The number of rotatable bonds is 10. The van der Waals surface area contributed by atoms with E-state index in [9.17, 15) is 8.78 Å². The highest BCUT2D eigenvalue weighted by molar-refractivity contribution is 6.31. The van der Waals surface area contributed by atoms with Crippen molar-refractivity contribution in [3.8, 4) is 11.5 Å². The van der Waals surface area contributed by atoms with Crippen LogP contribution in [0, 0.1) is 11.6 Å². The van der Waals surface area contributed by atoms with Crippen LogP contribution in [0.15, 0.2) is 54.6 Å². The summed E-state index contributed by atoms with van der Waals surface area (Å²) in [6, 6.07) is 14.4. The van der Waals surface area contributed by atoms with E-state index < -0.39 is 5.82 Å². The lowest BCUT2D eigenvalue weighted by Gasteiger charge is -2.16. The predicted octanol–water partition coefficient (Wildman–Crippen LogP) is 6.58. The largest absolute Gasteiger partial charge is 0.490 e. The van der Waals surface area contributed by atoms with Gasteiger partial charge in [-0.1, -0.05) is 41.4 Å². The van der Waals surface area contributed by atoms with Crippen molar-refractivity contribution in [2.45, 2.75) is 26.5 Å². The van der Waals surface area contributed by atoms with E-state index in [1.54, 1.807) is 30.3 Å². The molecule has 1 N–H and O–H groups in total. The van der Waals surface area contributed by atoms with Gasteiger partial charge in [-0.3, -0.25) is 0 Å². The van der Waals surface area contributed by atoms with Gasteiger partial charge in [0.25, 0.3) is 0 Å². The molecule has 7 heteroatoms. The molecule has 0 amide bonds. The molecule has 3 aromatic rings. The summed E-state index contributed by atoms with van der Waals surface area (Å²) < 4.78 is 38.5. The third-order valence-corrected chi connectivity index (χ3v) is 5.37. The van der Waals surface area contributed by atoms with Crippen molar-refractivity contribution in [3.63, 3.8) is 0 Å². The zero-order valence-corrected chi connectivity index (χ0v) is 18.6. The van der Waals surface area contributed by atoms with Crippen molar-refractivity contribution >= 4 is 23.2 Å². The first-order valence-electron chi connectivity index (χ1n) is 9.94. The molecule has 0 saturated heterocycles. The average Bonchev–Trinajstić information content (AvgIpc) is 2.74. The highest BCUT2D eigenvalue weighted by Gasteiger charge is 2.14. The molecule has 0 unspecified atom stereocenters. The molecule has 3 aromatic carbocycles. The average molecular weight is 466 g/mol. The van der Waals surface area contributed by atoms with Crippen LogP contribution >= 0.6 is 23.2 Å². The molecule has 3 rings (SSSR count). The van der Waals surface area contributed by atoms with E-state index in [-0.39, 0.29) is 18.0 Å². The summed E-state index contributed by atoms with van der Waals surface area (Å²) in [6.07, 6.45) is 0.765. The van der Waals surface area contributed by atoms with E-state index in [0.717, 1.165) is 17.5 Å². The Balaban J connectivity index is 1.64. The summed E-state index contributed by atoms with van der Waals surface area (Å²) in [4.78, 5) is 0. The van der Waals surface area contributed by atoms with E-state index in [4.69, 9.17) is 32.7 Å². The van der Waals surface area contributed by atoms with Gasteiger partial charge in [0, 0.05) is 23.2 Å². The van der Waals surface area contributed by atoms with Crippen molar-refractivity contribution < 1.29 is 18.3 Å². The standard InChI is InChI=1S/C24H23Cl2F2NO2/c1-2-30-23-12-17(14-29-11-10-16-6-8-18(27)9-7-16)21(26)13-24(23)31-15-19-20(25)4-3-5-22(19)28/h3-9,12-13,29H,2,10-11,14-15H2,1H3. The molecule has 0 aromatic heterocycles. The van der Waals surface area contributed by atoms with Crippen LogP contribution in [-0.2, 0) is 19.6 Å². The summed E-state index contributed by atoms with van der Waals surface area (Å²) in [6.45, 7) is 3.50. The molecule has 3 nitrogen and oxygen atoms in total. The molecular weight excluding hydrogens is 443 g/mol. The van der Waals surface area contributed by atoms with Crippen LogP contribution in [-0.4, -0.2) is 13.2 Å². The Hall–Kier alpha value is -2.34. The van der Waals surface area contributed by atoms with Crippen molar-refractivity contribution in [1.82, 2.24) is 5.32 Å². The first-order chi connectivity index (χ1) is 15.0. The lowest BCUT2D eigenvalue weighted by Crippen LogP contribution is -2.17. The van der Waals surface area contributed by atoms with Crippen molar-refractivity contribution in [3.05, 3.63) is 93.0 Å². The minimum atomic E-state index is -0.432. The van der Waals surface area contributed by atoms with Crippen LogP contribution in [0.2, 0.25) is 10.0 Å². The second-order valence-electron chi connectivity index (χ2n) is 6.87. The Morgan fingerprint density at radius 3 is 2.35 bits per heavy atom. The second kappa shape index (κ2) is 11.3. The monoisotopic (exact) mass is 465 g/mol. The van der Waals surface area contributed by atoms with Crippen LogP contribution in [0.4, 0.5) is 8.78 Å². The molecule has 0 aliphatic rings. The van der Waals surface area contributed by atoms with Crippen LogP contribution < -0.4 is 14.8 Å². The first kappa shape index (κ1) is 23.3. The molecule has 31 heavy (non-hydrogen) atoms. The number of hydrogen-bond donors (Lipinski definition) is 1. The molecule has 0 heterocycles. The number of nitrogens with one attached hydrogen (secondary N) is 1. The smallest absolute Gasteiger partial charge is 0.163 e. The minimum Gasteiger partial charge on any atom is -0.490 e. The SMILES string of the molecule is CCOc1cc(CNCCc2ccc(F)cc2)c(Cl)cc1OCc1c(F)cccc1Cl. The minimum absolute atomic E-state index is 0.0445. The van der Waals surface area contributed by atoms with Crippen LogP contribution in [0.25, 0.3) is 0 Å². The molecule has 0 aliphatic heterocycles. The lowest BCUT2D eigenvalue weighted by molar-refractivity contribution is 0.265. The maximum absolute atomic E-state index is 14.0. The maximum atomic E-state index is 14.0. The molecule has 0 atom stereocenters. The van der Waals surface area contributed by atoms with Gasteiger partial charge < -0.3 is 14.8 Å². The van der Waals surface area contributed by atoms with Crippen LogP contribution in [0.5, 0.6) is 11.5 Å². The summed E-state index contributed by atoms with van der Waals surface area (Å²) >= 11 is 12.5. The fraction of sp³-hybridized carbons (Fsp3) is 0.250. The van der Waals surface area contributed by atoms with Gasteiger partial charge in [-0.15, -0.1) is 0 Å². The normalized spacial score (nSPS) is 10.9. The van der Waals surface area contributed by atoms with E-state index >= 15 is 0 Å². The number of benzene rings is 3. The van der Waals surface area contributed by atoms with Gasteiger partial charge in [0.1, 0.15) is 18.2 Å². The lowest BCUT2D eigenvalue weighted by atomic mass is 10.1. The van der Waals surface area contributed by atoms with E-state index in [2.05, 4.69) is 5.32 Å². The number of halogens is 4. The Labute approximate surface area is 190 Å². The van der Waals surface area contributed by atoms with E-state index in [1.165, 1.54) is 18.2 Å². The van der Waals surface area contributed by atoms with Gasteiger partial charge in [0.2, 0.25) is 0 Å². The predicted molar refractivity (Wildman–Crippen MR) is 120 cm³/mol. The highest BCUT2D eigenvalue weighted by Crippen LogP contribution is 2.35. The fourth-order valence-corrected chi connectivity index (χ4v) is 3.46. The van der Waals surface area contributed by atoms with Crippen molar-refractivity contribution in [2.24, 2.45) is 0 Å². The van der Waals surface area contributed by atoms with Gasteiger partial charge >= 0.3 is 0 Å². The summed E-state index contributed by atoms with van der Waals surface area (Å²) in [5.74, 6) is 0.265. The maximum Gasteiger partial charge on any atom is 0.163 e. The molecule has 164 valence electrons. The summed E-state index contributed by atoms with van der Waals surface area (Å²) in [5.41, 5.74) is 2.17. The molecule has 0 fully saturated rings. The van der Waals surface area contributed by atoms with Gasteiger partial charge in [-0.05, 0) is 61.3 Å². The Bertz CT molecular complexity index is 993. The quantitative estimate of drug-likeness (QED) is 0.343. The molecule has 0 spiro atoms. The van der Waals surface area contributed by atoms with E-state index in [0.29, 0.717) is 41.2 Å². The molecule has 0 aliphatic carbocycles. The van der Waals surface area contributed by atoms with Gasteiger partial charge in [-0.2, -0.15) is 0 Å². The third kappa shape index (κ3) is 6.57. The fourth-order valence-electron chi connectivity index (χ4n) is 3.02. The molecular formula is C24H23Cl2F2NO2. The molecule has 0 bridgehead atoms. The Morgan fingerprint density at radius 1 is 0.903 bits per heavy atom. The van der Waals surface area contributed by atoms with Gasteiger partial charge in [-0.25, -0.2) is 8.78 Å². The number of hydrogen-bond acceptors (Lipinski definition) is 3. The van der Waals surface area contributed by atoms with E-state index in [1.807, 2.05) is 13.0 Å². The van der Waals surface area contributed by atoms with Gasteiger partial charge in [0.15, 0.2) is 11.5 Å². The highest BCUT2D eigenvalue weighted by atomic mass is 35.5. The van der Waals surface area contributed by atoms with Crippen LogP contribution in [0.1, 0.15) is 23.6 Å². The summed E-state index contributed by atoms with van der Waals surface area (Å²) in [5, 5.41) is 4.13. The zero-order valence-electron chi connectivity index (χ0n) is 17.1. The second-order valence-corrected chi connectivity index (χ2v) is 7.68. The first-order valence-corrected chi connectivity index (χ1v) is 10.7. The molecule has 0 radical (unpaired) electrons. The Kier molecular flexibility index (Phi) is 8.52. The topological polar surface area (TPSA) is 30.5 Å². The Morgan fingerprint density at radius 2 is 1.65 bits per heavy atom.